The molecule has 0 aliphatic carbocycles. The van der Waals surface area contributed by atoms with Gasteiger partial charge in [0.1, 0.15) is 24.5 Å². The zero-order valence-corrected chi connectivity index (χ0v) is 10.8. The monoisotopic (exact) mass is 261 g/mol. The standard InChI is InChI=1S/C13H15N3O3/c1-13(2,17)12-8-16(15-14-12)9-3-4-10-11(7-9)19-6-5-18-10/h3-4,7-8,17H,5-6H2,1-2H3. The van der Waals surface area contributed by atoms with Crippen LogP contribution in [0.1, 0.15) is 19.5 Å². The Kier molecular flexibility index (Phi) is 2.67. The molecule has 1 N–H and O–H groups in total. The van der Waals surface area contributed by atoms with Crippen molar-refractivity contribution < 1.29 is 14.6 Å². The molecule has 0 atom stereocenters. The van der Waals surface area contributed by atoms with Gasteiger partial charge >= 0.3 is 0 Å². The number of benzene rings is 1. The third-order valence-corrected chi connectivity index (χ3v) is 2.91. The molecule has 3 rings (SSSR count). The van der Waals surface area contributed by atoms with Crippen LogP contribution in [0, 0.1) is 0 Å². The number of fused-ring (bicyclic) bond motifs is 1. The van der Waals surface area contributed by atoms with Crippen LogP contribution in [0.3, 0.4) is 0 Å². The SMILES string of the molecule is CC(C)(O)c1cn(-c2ccc3c(c2)OCCO3)nn1. The highest BCUT2D eigenvalue weighted by molar-refractivity contribution is 5.49. The van der Waals surface area contributed by atoms with Crippen molar-refractivity contribution in [2.45, 2.75) is 19.4 Å². The van der Waals surface area contributed by atoms with E-state index in [1.807, 2.05) is 18.2 Å². The van der Waals surface area contributed by atoms with Crippen molar-refractivity contribution in [2.75, 3.05) is 13.2 Å². The summed E-state index contributed by atoms with van der Waals surface area (Å²) < 4.78 is 12.6. The first-order valence-electron chi connectivity index (χ1n) is 6.09. The van der Waals surface area contributed by atoms with Crippen LogP contribution in [-0.4, -0.2) is 33.3 Å². The Hall–Kier alpha value is -2.08. The molecule has 1 aromatic heterocycles. The van der Waals surface area contributed by atoms with Gasteiger partial charge in [-0.3, -0.25) is 0 Å². The molecule has 6 heteroatoms. The molecule has 1 aliphatic heterocycles. The Bertz CT molecular complexity index is 601. The average Bonchev–Trinajstić information content (AvgIpc) is 2.87. The molecule has 1 aromatic carbocycles. The zero-order chi connectivity index (χ0) is 13.5. The first kappa shape index (κ1) is 12.0. The van der Waals surface area contributed by atoms with E-state index in [0.29, 0.717) is 24.7 Å². The van der Waals surface area contributed by atoms with E-state index in [4.69, 9.17) is 9.47 Å². The van der Waals surface area contributed by atoms with Gasteiger partial charge in [-0.15, -0.1) is 5.10 Å². The van der Waals surface area contributed by atoms with Gasteiger partial charge in [-0.25, -0.2) is 4.68 Å². The van der Waals surface area contributed by atoms with E-state index in [1.54, 1.807) is 24.7 Å². The van der Waals surface area contributed by atoms with Crippen LogP contribution in [0.15, 0.2) is 24.4 Å². The third kappa shape index (κ3) is 2.26. The predicted molar refractivity (Wildman–Crippen MR) is 67.6 cm³/mol. The van der Waals surface area contributed by atoms with E-state index < -0.39 is 5.60 Å². The quantitative estimate of drug-likeness (QED) is 0.881. The van der Waals surface area contributed by atoms with Gasteiger partial charge in [0.15, 0.2) is 11.5 Å². The maximum Gasteiger partial charge on any atom is 0.163 e. The summed E-state index contributed by atoms with van der Waals surface area (Å²) in [5.41, 5.74) is 0.321. The summed E-state index contributed by atoms with van der Waals surface area (Å²) in [6.07, 6.45) is 1.70. The molecule has 0 amide bonds. The minimum atomic E-state index is -1.01. The topological polar surface area (TPSA) is 69.4 Å². The number of hydrogen-bond donors (Lipinski definition) is 1. The summed E-state index contributed by atoms with van der Waals surface area (Å²) in [5, 5.41) is 17.9. The van der Waals surface area contributed by atoms with Crippen LogP contribution in [0.4, 0.5) is 0 Å². The number of hydrogen-bond acceptors (Lipinski definition) is 5. The van der Waals surface area contributed by atoms with Crippen LogP contribution in [-0.2, 0) is 5.60 Å². The molecule has 1 aliphatic rings. The molecule has 2 heterocycles. The minimum absolute atomic E-state index is 0.516. The summed E-state index contributed by atoms with van der Waals surface area (Å²) in [5.74, 6) is 1.43. The molecule has 100 valence electrons. The van der Waals surface area contributed by atoms with E-state index >= 15 is 0 Å². The molecule has 0 saturated carbocycles. The molecule has 0 fully saturated rings. The van der Waals surface area contributed by atoms with Crippen molar-refractivity contribution >= 4 is 0 Å². The molecule has 2 aromatic rings. The smallest absolute Gasteiger partial charge is 0.163 e. The number of rotatable bonds is 2. The summed E-state index contributed by atoms with van der Waals surface area (Å²) >= 11 is 0. The second-order valence-electron chi connectivity index (χ2n) is 4.94. The fraction of sp³-hybridized carbons (Fsp3) is 0.385. The summed E-state index contributed by atoms with van der Waals surface area (Å²) in [7, 11) is 0. The van der Waals surface area contributed by atoms with Crippen molar-refractivity contribution in [2.24, 2.45) is 0 Å². The fourth-order valence-electron chi connectivity index (χ4n) is 1.84. The second-order valence-corrected chi connectivity index (χ2v) is 4.94. The van der Waals surface area contributed by atoms with E-state index in [1.165, 1.54) is 0 Å². The van der Waals surface area contributed by atoms with Crippen LogP contribution >= 0.6 is 0 Å². The largest absolute Gasteiger partial charge is 0.486 e. The molecule has 0 bridgehead atoms. The predicted octanol–water partition coefficient (Wildman–Crippen LogP) is 1.27. The van der Waals surface area contributed by atoms with Gasteiger partial charge < -0.3 is 14.6 Å². The Labute approximate surface area is 110 Å². The minimum Gasteiger partial charge on any atom is -0.486 e. The molecular formula is C13H15N3O3. The Morgan fingerprint density at radius 1 is 1.21 bits per heavy atom. The van der Waals surface area contributed by atoms with Gasteiger partial charge in [0.25, 0.3) is 0 Å². The number of nitrogens with zero attached hydrogens (tertiary/aromatic N) is 3. The summed E-state index contributed by atoms with van der Waals surface area (Å²) in [6.45, 7) is 4.46. The van der Waals surface area contributed by atoms with Crippen molar-refractivity contribution in [1.29, 1.82) is 0 Å². The van der Waals surface area contributed by atoms with E-state index in [9.17, 15) is 5.11 Å². The molecule has 0 radical (unpaired) electrons. The normalized spacial score (nSPS) is 14.5. The molecule has 6 nitrogen and oxygen atoms in total. The van der Waals surface area contributed by atoms with Gasteiger partial charge in [-0.1, -0.05) is 5.21 Å². The van der Waals surface area contributed by atoms with Crippen LogP contribution < -0.4 is 9.47 Å². The zero-order valence-electron chi connectivity index (χ0n) is 10.8. The maximum atomic E-state index is 9.88. The lowest BCUT2D eigenvalue weighted by atomic mass is 10.1. The molecule has 0 spiro atoms. The molecule has 19 heavy (non-hydrogen) atoms. The highest BCUT2D eigenvalue weighted by atomic mass is 16.6. The van der Waals surface area contributed by atoms with E-state index in [0.717, 1.165) is 11.4 Å². The van der Waals surface area contributed by atoms with Crippen molar-refractivity contribution in [3.8, 4) is 17.2 Å². The van der Waals surface area contributed by atoms with Gasteiger partial charge in [0.2, 0.25) is 0 Å². The van der Waals surface area contributed by atoms with Gasteiger partial charge in [-0.2, -0.15) is 0 Å². The van der Waals surface area contributed by atoms with Gasteiger partial charge in [0, 0.05) is 6.07 Å². The lowest BCUT2D eigenvalue weighted by Crippen LogP contribution is -2.16. The first-order valence-corrected chi connectivity index (χ1v) is 6.09. The van der Waals surface area contributed by atoms with Crippen LogP contribution in [0.25, 0.3) is 5.69 Å². The van der Waals surface area contributed by atoms with E-state index in [-0.39, 0.29) is 0 Å². The Morgan fingerprint density at radius 2 is 1.95 bits per heavy atom. The van der Waals surface area contributed by atoms with Crippen molar-refractivity contribution in [3.05, 3.63) is 30.1 Å². The average molecular weight is 261 g/mol. The fourth-order valence-corrected chi connectivity index (χ4v) is 1.84. The lowest BCUT2D eigenvalue weighted by Gasteiger charge is -2.18. The molecule has 0 saturated heterocycles. The highest BCUT2D eigenvalue weighted by Crippen LogP contribution is 2.32. The summed E-state index contributed by atoms with van der Waals surface area (Å²) in [6, 6.07) is 5.56. The number of aromatic nitrogens is 3. The summed E-state index contributed by atoms with van der Waals surface area (Å²) in [4.78, 5) is 0. The van der Waals surface area contributed by atoms with Gasteiger partial charge in [0.05, 0.1) is 11.9 Å². The molecule has 0 unspecified atom stereocenters. The van der Waals surface area contributed by atoms with Crippen LogP contribution in [0.5, 0.6) is 11.5 Å². The van der Waals surface area contributed by atoms with E-state index in [2.05, 4.69) is 10.3 Å². The highest BCUT2D eigenvalue weighted by Gasteiger charge is 2.21. The lowest BCUT2D eigenvalue weighted by molar-refractivity contribution is 0.0737. The number of aliphatic hydroxyl groups is 1. The van der Waals surface area contributed by atoms with Crippen molar-refractivity contribution in [3.63, 3.8) is 0 Å². The number of ether oxygens (including phenoxy) is 2. The van der Waals surface area contributed by atoms with Crippen LogP contribution in [0.2, 0.25) is 0 Å². The second kappa shape index (κ2) is 4.24. The maximum absolute atomic E-state index is 9.88. The third-order valence-electron chi connectivity index (χ3n) is 2.91. The Balaban J connectivity index is 1.96. The first-order chi connectivity index (χ1) is 9.04. The Morgan fingerprint density at radius 3 is 2.63 bits per heavy atom. The van der Waals surface area contributed by atoms with Crippen molar-refractivity contribution in [1.82, 2.24) is 15.0 Å². The van der Waals surface area contributed by atoms with Gasteiger partial charge in [-0.05, 0) is 26.0 Å². The molecular weight excluding hydrogens is 246 g/mol.